The quantitative estimate of drug-likeness (QED) is 0.851. The zero-order chi connectivity index (χ0) is 11.4. The molecule has 0 atom stereocenters. The van der Waals surface area contributed by atoms with Gasteiger partial charge in [0.25, 0.3) is 0 Å². The van der Waals surface area contributed by atoms with Crippen molar-refractivity contribution in [2.75, 3.05) is 12.4 Å². The summed E-state index contributed by atoms with van der Waals surface area (Å²) in [5.41, 5.74) is 2.05. The number of methoxy groups -OCH3 is 1. The van der Waals surface area contributed by atoms with E-state index in [1.165, 1.54) is 0 Å². The standard InChI is InChI=1S/C12H15N3O/c1-15-7-6-11(14-15)9-13-10-4-3-5-12(8-10)16-2/h3-8,13H,9H2,1-2H3. The summed E-state index contributed by atoms with van der Waals surface area (Å²) in [6.45, 7) is 0.716. The SMILES string of the molecule is COc1cccc(NCc2ccn(C)n2)c1. The summed E-state index contributed by atoms with van der Waals surface area (Å²) in [7, 11) is 3.58. The van der Waals surface area contributed by atoms with E-state index in [2.05, 4.69) is 10.4 Å². The summed E-state index contributed by atoms with van der Waals surface area (Å²) < 4.78 is 6.95. The first-order valence-electron chi connectivity index (χ1n) is 5.14. The molecule has 0 aliphatic carbocycles. The van der Waals surface area contributed by atoms with Gasteiger partial charge in [0.2, 0.25) is 0 Å². The van der Waals surface area contributed by atoms with Crippen LogP contribution in [0.25, 0.3) is 0 Å². The molecule has 0 aliphatic heterocycles. The largest absolute Gasteiger partial charge is 0.497 e. The molecule has 4 nitrogen and oxygen atoms in total. The van der Waals surface area contributed by atoms with E-state index in [1.807, 2.05) is 43.6 Å². The number of benzene rings is 1. The molecule has 0 fully saturated rings. The van der Waals surface area contributed by atoms with E-state index in [-0.39, 0.29) is 0 Å². The fourth-order valence-corrected chi connectivity index (χ4v) is 1.48. The molecule has 1 aromatic carbocycles. The van der Waals surface area contributed by atoms with Crippen molar-refractivity contribution in [1.29, 1.82) is 0 Å². The average Bonchev–Trinajstić information content (AvgIpc) is 2.73. The Morgan fingerprint density at radius 1 is 1.38 bits per heavy atom. The summed E-state index contributed by atoms with van der Waals surface area (Å²) in [4.78, 5) is 0. The number of rotatable bonds is 4. The van der Waals surface area contributed by atoms with Crippen LogP contribution >= 0.6 is 0 Å². The molecule has 1 heterocycles. The maximum atomic E-state index is 5.15. The van der Waals surface area contributed by atoms with Crippen molar-refractivity contribution in [3.8, 4) is 5.75 Å². The van der Waals surface area contributed by atoms with Crippen LogP contribution < -0.4 is 10.1 Å². The maximum Gasteiger partial charge on any atom is 0.120 e. The van der Waals surface area contributed by atoms with Crippen LogP contribution in [0.1, 0.15) is 5.69 Å². The van der Waals surface area contributed by atoms with E-state index >= 15 is 0 Å². The summed E-state index contributed by atoms with van der Waals surface area (Å²) in [6, 6.07) is 9.84. The lowest BCUT2D eigenvalue weighted by Gasteiger charge is -2.06. The lowest BCUT2D eigenvalue weighted by molar-refractivity contribution is 0.415. The third-order valence-electron chi connectivity index (χ3n) is 2.31. The lowest BCUT2D eigenvalue weighted by atomic mass is 10.3. The monoisotopic (exact) mass is 217 g/mol. The van der Waals surface area contributed by atoms with Crippen LogP contribution in [0, 0.1) is 0 Å². The molecule has 0 bridgehead atoms. The van der Waals surface area contributed by atoms with E-state index in [1.54, 1.807) is 11.8 Å². The van der Waals surface area contributed by atoms with Crippen LogP contribution in [-0.4, -0.2) is 16.9 Å². The highest BCUT2D eigenvalue weighted by atomic mass is 16.5. The minimum Gasteiger partial charge on any atom is -0.497 e. The second kappa shape index (κ2) is 4.70. The highest BCUT2D eigenvalue weighted by molar-refractivity contribution is 5.48. The molecule has 0 saturated heterocycles. The number of nitrogens with zero attached hydrogens (tertiary/aromatic N) is 2. The Hall–Kier alpha value is -1.97. The van der Waals surface area contributed by atoms with E-state index in [0.29, 0.717) is 6.54 Å². The van der Waals surface area contributed by atoms with E-state index in [9.17, 15) is 0 Å². The highest BCUT2D eigenvalue weighted by Crippen LogP contribution is 2.17. The number of hydrogen-bond acceptors (Lipinski definition) is 3. The van der Waals surface area contributed by atoms with Crippen LogP contribution in [0.3, 0.4) is 0 Å². The van der Waals surface area contributed by atoms with Crippen LogP contribution in [0.5, 0.6) is 5.75 Å². The Balaban J connectivity index is 1.99. The van der Waals surface area contributed by atoms with Gasteiger partial charge in [-0.1, -0.05) is 6.07 Å². The van der Waals surface area contributed by atoms with Gasteiger partial charge in [-0.25, -0.2) is 0 Å². The summed E-state index contributed by atoms with van der Waals surface area (Å²) in [5, 5.41) is 7.58. The van der Waals surface area contributed by atoms with Gasteiger partial charge in [-0.2, -0.15) is 5.10 Å². The number of anilines is 1. The van der Waals surface area contributed by atoms with Crippen molar-refractivity contribution in [2.45, 2.75) is 6.54 Å². The maximum absolute atomic E-state index is 5.15. The molecule has 0 unspecified atom stereocenters. The van der Waals surface area contributed by atoms with Crippen LogP contribution in [-0.2, 0) is 13.6 Å². The van der Waals surface area contributed by atoms with Gasteiger partial charge in [0.1, 0.15) is 5.75 Å². The molecular formula is C12H15N3O. The Labute approximate surface area is 94.9 Å². The minimum atomic E-state index is 0.716. The fourth-order valence-electron chi connectivity index (χ4n) is 1.48. The molecule has 1 aromatic heterocycles. The summed E-state index contributed by atoms with van der Waals surface area (Å²) >= 11 is 0. The zero-order valence-corrected chi connectivity index (χ0v) is 9.47. The van der Waals surface area contributed by atoms with Crippen LogP contribution in [0.15, 0.2) is 36.5 Å². The molecule has 0 saturated carbocycles. The van der Waals surface area contributed by atoms with E-state index < -0.39 is 0 Å². The Morgan fingerprint density at radius 3 is 2.94 bits per heavy atom. The molecule has 0 spiro atoms. The molecular weight excluding hydrogens is 202 g/mol. The second-order valence-corrected chi connectivity index (χ2v) is 3.57. The van der Waals surface area contributed by atoms with Crippen molar-refractivity contribution in [1.82, 2.24) is 9.78 Å². The third-order valence-corrected chi connectivity index (χ3v) is 2.31. The Morgan fingerprint density at radius 2 is 2.25 bits per heavy atom. The summed E-state index contributed by atoms with van der Waals surface area (Å²) in [6.07, 6.45) is 1.93. The topological polar surface area (TPSA) is 39.1 Å². The van der Waals surface area contributed by atoms with Gasteiger partial charge in [-0.15, -0.1) is 0 Å². The average molecular weight is 217 g/mol. The molecule has 0 aliphatic rings. The third kappa shape index (κ3) is 2.53. The first kappa shape index (κ1) is 10.5. The van der Waals surface area contributed by atoms with Crippen LogP contribution in [0.4, 0.5) is 5.69 Å². The van der Waals surface area contributed by atoms with E-state index in [0.717, 1.165) is 17.1 Å². The predicted molar refractivity (Wildman–Crippen MR) is 63.5 cm³/mol. The number of ether oxygens (including phenoxy) is 1. The minimum absolute atomic E-state index is 0.716. The van der Waals surface area contributed by atoms with Crippen molar-refractivity contribution in [3.05, 3.63) is 42.2 Å². The van der Waals surface area contributed by atoms with Crippen molar-refractivity contribution >= 4 is 5.69 Å². The van der Waals surface area contributed by atoms with Gasteiger partial charge >= 0.3 is 0 Å². The fraction of sp³-hybridized carbons (Fsp3) is 0.250. The number of hydrogen-bond donors (Lipinski definition) is 1. The van der Waals surface area contributed by atoms with Gasteiger partial charge in [-0.05, 0) is 18.2 Å². The van der Waals surface area contributed by atoms with Gasteiger partial charge in [0.05, 0.1) is 19.3 Å². The molecule has 0 radical (unpaired) electrons. The number of aryl methyl sites for hydroxylation is 1. The molecule has 16 heavy (non-hydrogen) atoms. The van der Waals surface area contributed by atoms with Gasteiger partial charge in [0, 0.05) is 25.0 Å². The second-order valence-electron chi connectivity index (χ2n) is 3.57. The molecule has 2 aromatic rings. The van der Waals surface area contributed by atoms with Gasteiger partial charge < -0.3 is 10.1 Å². The number of nitrogens with one attached hydrogen (secondary N) is 1. The molecule has 2 rings (SSSR count). The van der Waals surface area contributed by atoms with Gasteiger partial charge in [0.15, 0.2) is 0 Å². The summed E-state index contributed by atoms with van der Waals surface area (Å²) in [5.74, 6) is 0.853. The van der Waals surface area contributed by atoms with Crippen molar-refractivity contribution in [3.63, 3.8) is 0 Å². The Kier molecular flexibility index (Phi) is 3.10. The molecule has 1 N–H and O–H groups in total. The van der Waals surface area contributed by atoms with Crippen molar-refractivity contribution in [2.24, 2.45) is 7.05 Å². The first-order chi connectivity index (χ1) is 7.78. The molecule has 0 amide bonds. The number of aromatic nitrogens is 2. The van der Waals surface area contributed by atoms with Gasteiger partial charge in [-0.3, -0.25) is 4.68 Å². The molecule has 4 heteroatoms. The Bertz CT molecular complexity index is 465. The smallest absolute Gasteiger partial charge is 0.120 e. The normalized spacial score (nSPS) is 10.1. The molecule has 84 valence electrons. The predicted octanol–water partition coefficient (Wildman–Crippen LogP) is 2.04. The van der Waals surface area contributed by atoms with Crippen molar-refractivity contribution < 1.29 is 4.74 Å². The highest BCUT2D eigenvalue weighted by Gasteiger charge is 1.98. The van der Waals surface area contributed by atoms with Crippen LogP contribution in [0.2, 0.25) is 0 Å². The van der Waals surface area contributed by atoms with E-state index in [4.69, 9.17) is 4.74 Å². The lowest BCUT2D eigenvalue weighted by Crippen LogP contribution is -2.01. The zero-order valence-electron chi connectivity index (χ0n) is 9.47. The first-order valence-corrected chi connectivity index (χ1v) is 5.14.